The molecule has 2 rings (SSSR count). The van der Waals surface area contributed by atoms with E-state index in [1.54, 1.807) is 17.7 Å². The van der Waals surface area contributed by atoms with Crippen LogP contribution in [0.4, 0.5) is 8.78 Å². The van der Waals surface area contributed by atoms with Crippen molar-refractivity contribution in [3.05, 3.63) is 45.1 Å². The molecule has 0 aliphatic heterocycles. The molecular formula is C17H22F2I-. The number of benzene rings is 1. The Bertz CT molecular complexity index is 468. The van der Waals surface area contributed by atoms with E-state index in [1.165, 1.54) is 31.7 Å². The fourth-order valence-corrected chi connectivity index (χ4v) is 5.54. The first-order valence-electron chi connectivity index (χ1n) is 7.46. The van der Waals surface area contributed by atoms with Crippen LogP contribution in [0.25, 0.3) is 0 Å². The summed E-state index contributed by atoms with van der Waals surface area (Å²) >= 11 is -0.429. The van der Waals surface area contributed by atoms with Gasteiger partial charge in [-0.25, -0.2) is 0 Å². The number of allylic oxidation sites excluding steroid dienone is 2. The standard InChI is InChI=1S/C17H22F2I/c1-2-3-4-6-13-9-11-14(12-10-13)20-16-8-5-7-15(18)17(16)19/h5,7-9,14H,2-4,6,10-12H2,1H3/q-1. The molecule has 1 atom stereocenters. The second kappa shape index (κ2) is 8.11. The van der Waals surface area contributed by atoms with E-state index in [0.29, 0.717) is 7.49 Å². The molecule has 1 aliphatic carbocycles. The first-order chi connectivity index (χ1) is 9.70. The zero-order valence-corrected chi connectivity index (χ0v) is 14.1. The van der Waals surface area contributed by atoms with Crippen molar-refractivity contribution in [2.75, 3.05) is 0 Å². The quantitative estimate of drug-likeness (QED) is 0.230. The van der Waals surface area contributed by atoms with Gasteiger partial charge in [0, 0.05) is 0 Å². The number of hydrogen-bond donors (Lipinski definition) is 0. The van der Waals surface area contributed by atoms with E-state index in [-0.39, 0.29) is 0 Å². The van der Waals surface area contributed by atoms with Gasteiger partial charge in [-0.05, 0) is 0 Å². The summed E-state index contributed by atoms with van der Waals surface area (Å²) in [6.07, 6.45) is 10.8. The summed E-state index contributed by atoms with van der Waals surface area (Å²) in [5.74, 6) is -1.31. The average Bonchev–Trinajstić information content (AvgIpc) is 2.46. The fourth-order valence-electron chi connectivity index (χ4n) is 2.51. The molecule has 0 heterocycles. The molecule has 20 heavy (non-hydrogen) atoms. The van der Waals surface area contributed by atoms with Crippen LogP contribution in [0.5, 0.6) is 0 Å². The van der Waals surface area contributed by atoms with Gasteiger partial charge in [0.25, 0.3) is 0 Å². The summed E-state index contributed by atoms with van der Waals surface area (Å²) in [6, 6.07) is 4.59. The van der Waals surface area contributed by atoms with Gasteiger partial charge in [-0.1, -0.05) is 0 Å². The molecule has 1 aromatic carbocycles. The molecule has 0 nitrogen and oxygen atoms in total. The molecule has 3 heteroatoms. The van der Waals surface area contributed by atoms with Crippen molar-refractivity contribution in [2.45, 2.75) is 55.8 Å². The number of rotatable bonds is 6. The zero-order valence-electron chi connectivity index (χ0n) is 12.0. The van der Waals surface area contributed by atoms with Crippen LogP contribution in [-0.2, 0) is 0 Å². The molecule has 0 radical (unpaired) electrons. The third-order valence-electron chi connectivity index (χ3n) is 3.72. The molecule has 0 spiro atoms. The Hall–Kier alpha value is -0.450. The van der Waals surface area contributed by atoms with Crippen LogP contribution in [0, 0.1) is 15.2 Å². The van der Waals surface area contributed by atoms with Gasteiger partial charge >= 0.3 is 131 Å². The maximum atomic E-state index is 13.7. The van der Waals surface area contributed by atoms with Crippen molar-refractivity contribution >= 4 is 0 Å². The zero-order chi connectivity index (χ0) is 14.4. The number of unbranched alkanes of at least 4 members (excludes halogenated alkanes) is 2. The van der Waals surface area contributed by atoms with Crippen LogP contribution in [0.2, 0.25) is 0 Å². The summed E-state index contributed by atoms with van der Waals surface area (Å²) in [6.45, 7) is 2.23. The fraction of sp³-hybridized carbons (Fsp3) is 0.529. The first-order valence-corrected chi connectivity index (χ1v) is 9.78. The predicted octanol–water partition coefficient (Wildman–Crippen LogP) is 2.28. The van der Waals surface area contributed by atoms with Crippen LogP contribution < -0.4 is 21.2 Å². The summed E-state index contributed by atoms with van der Waals surface area (Å²) in [7, 11) is 0. The van der Waals surface area contributed by atoms with Gasteiger partial charge < -0.3 is 0 Å². The summed E-state index contributed by atoms with van der Waals surface area (Å²) in [5, 5.41) is 0. The molecular weight excluding hydrogens is 369 g/mol. The number of alkyl halides is 1. The first kappa shape index (κ1) is 15.9. The average molecular weight is 391 g/mol. The molecule has 0 saturated heterocycles. The SMILES string of the molecule is CCCCCC1=CCC([I-]c2cccc(F)c2F)CC1. The van der Waals surface area contributed by atoms with Crippen LogP contribution >= 0.6 is 0 Å². The van der Waals surface area contributed by atoms with E-state index in [4.69, 9.17) is 0 Å². The minimum atomic E-state index is -0.700. The molecule has 1 aromatic rings. The molecule has 0 bridgehead atoms. The van der Waals surface area contributed by atoms with Gasteiger partial charge in [-0.2, -0.15) is 0 Å². The Balaban J connectivity index is 1.86. The Kier molecular flexibility index (Phi) is 6.46. The number of hydrogen-bond acceptors (Lipinski definition) is 0. The Labute approximate surface area is 130 Å². The van der Waals surface area contributed by atoms with Gasteiger partial charge in [0.15, 0.2) is 0 Å². The minimum absolute atomic E-state index is 0.429. The van der Waals surface area contributed by atoms with Crippen molar-refractivity contribution < 1.29 is 30.0 Å². The Morgan fingerprint density at radius 2 is 2.10 bits per heavy atom. The second-order valence-electron chi connectivity index (χ2n) is 5.34. The summed E-state index contributed by atoms with van der Waals surface area (Å²) in [5.41, 5.74) is 1.58. The maximum absolute atomic E-state index is 13.7. The van der Waals surface area contributed by atoms with Crippen LogP contribution in [0.1, 0.15) is 51.9 Å². The van der Waals surface area contributed by atoms with Crippen LogP contribution in [-0.4, -0.2) is 3.92 Å². The Morgan fingerprint density at radius 1 is 1.25 bits per heavy atom. The summed E-state index contributed by atoms with van der Waals surface area (Å²) < 4.78 is 28.1. The van der Waals surface area contributed by atoms with Gasteiger partial charge in [0.2, 0.25) is 0 Å². The molecule has 112 valence electrons. The summed E-state index contributed by atoms with van der Waals surface area (Å²) in [4.78, 5) is 0. The predicted molar refractivity (Wildman–Crippen MR) is 74.9 cm³/mol. The molecule has 0 saturated carbocycles. The van der Waals surface area contributed by atoms with Crippen molar-refractivity contribution in [1.29, 1.82) is 0 Å². The molecule has 0 aromatic heterocycles. The van der Waals surface area contributed by atoms with Crippen LogP contribution in [0.3, 0.4) is 0 Å². The monoisotopic (exact) mass is 391 g/mol. The van der Waals surface area contributed by atoms with Crippen molar-refractivity contribution in [3.63, 3.8) is 0 Å². The molecule has 1 unspecified atom stereocenters. The normalized spacial score (nSPS) is 19.1. The van der Waals surface area contributed by atoms with E-state index in [1.807, 2.05) is 0 Å². The molecule has 1 aliphatic rings. The van der Waals surface area contributed by atoms with Gasteiger partial charge in [0.1, 0.15) is 0 Å². The molecule has 0 amide bonds. The molecule has 0 fully saturated rings. The third kappa shape index (κ3) is 4.54. The van der Waals surface area contributed by atoms with E-state index in [0.717, 1.165) is 19.3 Å². The topological polar surface area (TPSA) is 0 Å². The van der Waals surface area contributed by atoms with Gasteiger partial charge in [0.05, 0.1) is 0 Å². The van der Waals surface area contributed by atoms with Crippen molar-refractivity contribution in [3.8, 4) is 0 Å². The van der Waals surface area contributed by atoms with Gasteiger partial charge in [-0.3, -0.25) is 0 Å². The van der Waals surface area contributed by atoms with Crippen molar-refractivity contribution in [1.82, 2.24) is 0 Å². The van der Waals surface area contributed by atoms with E-state index in [2.05, 4.69) is 13.0 Å². The van der Waals surface area contributed by atoms with E-state index >= 15 is 0 Å². The Morgan fingerprint density at radius 3 is 2.80 bits per heavy atom. The third-order valence-corrected chi connectivity index (χ3v) is 7.23. The van der Waals surface area contributed by atoms with E-state index < -0.39 is 32.8 Å². The second-order valence-corrected chi connectivity index (χ2v) is 8.88. The molecule has 0 N–H and O–H groups in total. The van der Waals surface area contributed by atoms with E-state index in [9.17, 15) is 8.78 Å². The van der Waals surface area contributed by atoms with Crippen molar-refractivity contribution in [2.24, 2.45) is 0 Å². The number of halogens is 3. The van der Waals surface area contributed by atoms with Crippen LogP contribution in [0.15, 0.2) is 29.8 Å². The van der Waals surface area contributed by atoms with Gasteiger partial charge in [-0.15, -0.1) is 0 Å².